The molecule has 0 bridgehead atoms. The number of hydrogen-bond donors (Lipinski definition) is 3. The molecule has 0 aliphatic carbocycles. The van der Waals surface area contributed by atoms with Gasteiger partial charge in [-0.25, -0.2) is 9.48 Å². The standard InChI is InChI=1S/C39H48N6O5/c1-5-7-18-43(19-8-6-2)38(48)35-20-27(3)45(42-35)36-17-16-31(41-39(49)40-24-28-12-11-15-33(21-28)50-4)23-34(36)37(47)44-25-30-14-10-9-13-29(30)22-32(44)26-46/h9-17,20-21,23,32,46H,5-8,18-19,22,24-26H2,1-4H3,(H2,40,41,49)/t32-/m0/s1. The zero-order valence-corrected chi connectivity index (χ0v) is 29.4. The van der Waals surface area contributed by atoms with Crippen molar-refractivity contribution in [1.82, 2.24) is 24.9 Å². The van der Waals surface area contributed by atoms with Gasteiger partial charge in [-0.1, -0.05) is 63.1 Å². The molecule has 4 aromatic rings. The number of ether oxygens (including phenoxy) is 1. The van der Waals surface area contributed by atoms with Gasteiger partial charge in [-0.2, -0.15) is 5.10 Å². The molecular formula is C39H48N6O5. The number of urea groups is 1. The molecule has 1 aliphatic rings. The topological polar surface area (TPSA) is 129 Å². The van der Waals surface area contributed by atoms with E-state index in [0.29, 0.717) is 54.6 Å². The van der Waals surface area contributed by atoms with Crippen LogP contribution in [0, 0.1) is 6.92 Å². The number of nitrogens with zero attached hydrogens (tertiary/aromatic N) is 4. The van der Waals surface area contributed by atoms with Gasteiger partial charge in [0.25, 0.3) is 11.8 Å². The molecule has 1 aliphatic heterocycles. The van der Waals surface area contributed by atoms with Crippen LogP contribution in [0.4, 0.5) is 10.5 Å². The van der Waals surface area contributed by atoms with Crippen molar-refractivity contribution in [1.29, 1.82) is 0 Å². The summed E-state index contributed by atoms with van der Waals surface area (Å²) in [6.45, 7) is 7.76. The lowest BCUT2D eigenvalue weighted by Crippen LogP contribution is -2.46. The molecular weight excluding hydrogens is 632 g/mol. The van der Waals surface area contributed by atoms with E-state index in [4.69, 9.17) is 9.84 Å². The summed E-state index contributed by atoms with van der Waals surface area (Å²) in [6, 6.07) is 21.3. The maximum Gasteiger partial charge on any atom is 0.319 e. The number of aliphatic hydroxyl groups excluding tert-OH is 1. The van der Waals surface area contributed by atoms with Crippen molar-refractivity contribution >= 4 is 23.5 Å². The number of aryl methyl sites for hydroxylation is 1. The van der Waals surface area contributed by atoms with Gasteiger partial charge < -0.3 is 30.3 Å². The largest absolute Gasteiger partial charge is 0.497 e. The van der Waals surface area contributed by atoms with Gasteiger partial charge in [-0.05, 0) is 79.3 Å². The Balaban J connectivity index is 1.47. The second kappa shape index (κ2) is 17.0. The van der Waals surface area contributed by atoms with Crippen molar-refractivity contribution in [3.8, 4) is 11.4 Å². The highest BCUT2D eigenvalue weighted by atomic mass is 16.5. The summed E-state index contributed by atoms with van der Waals surface area (Å²) in [5.74, 6) is 0.239. The van der Waals surface area contributed by atoms with Gasteiger partial charge >= 0.3 is 6.03 Å². The number of rotatable bonds is 14. The molecule has 5 rings (SSSR count). The number of nitrogens with one attached hydrogen (secondary N) is 2. The van der Waals surface area contributed by atoms with E-state index < -0.39 is 12.1 Å². The molecule has 1 aromatic heterocycles. The summed E-state index contributed by atoms with van der Waals surface area (Å²) in [5.41, 5.74) is 5.14. The van der Waals surface area contributed by atoms with Crippen molar-refractivity contribution in [3.05, 3.63) is 106 Å². The predicted octanol–water partition coefficient (Wildman–Crippen LogP) is 6.11. The molecule has 264 valence electrons. The zero-order chi connectivity index (χ0) is 35.6. The maximum absolute atomic E-state index is 14.5. The first-order valence-electron chi connectivity index (χ1n) is 17.4. The van der Waals surface area contributed by atoms with Crippen molar-refractivity contribution in [2.45, 2.75) is 72.0 Å². The minimum Gasteiger partial charge on any atom is -0.497 e. The predicted molar refractivity (Wildman–Crippen MR) is 194 cm³/mol. The molecule has 0 spiro atoms. The minimum absolute atomic E-state index is 0.138. The van der Waals surface area contributed by atoms with Crippen LogP contribution in [0.1, 0.15) is 82.8 Å². The molecule has 0 saturated carbocycles. The number of anilines is 1. The lowest BCUT2D eigenvalue weighted by atomic mass is 9.93. The number of fused-ring (bicyclic) bond motifs is 1. The number of benzene rings is 3. The van der Waals surface area contributed by atoms with Crippen LogP contribution in [0.5, 0.6) is 5.75 Å². The van der Waals surface area contributed by atoms with E-state index in [2.05, 4.69) is 24.5 Å². The van der Waals surface area contributed by atoms with E-state index in [1.807, 2.05) is 60.4 Å². The first-order valence-corrected chi connectivity index (χ1v) is 17.4. The average Bonchev–Trinajstić information content (AvgIpc) is 3.53. The molecule has 1 atom stereocenters. The summed E-state index contributed by atoms with van der Waals surface area (Å²) >= 11 is 0. The van der Waals surface area contributed by atoms with E-state index >= 15 is 0 Å². The lowest BCUT2D eigenvalue weighted by Gasteiger charge is -2.36. The van der Waals surface area contributed by atoms with Crippen LogP contribution in [-0.4, -0.2) is 75.4 Å². The Morgan fingerprint density at radius 1 is 0.960 bits per heavy atom. The van der Waals surface area contributed by atoms with Crippen LogP contribution in [0.25, 0.3) is 5.69 Å². The number of hydrogen-bond acceptors (Lipinski definition) is 6. The third-order valence-electron chi connectivity index (χ3n) is 9.08. The van der Waals surface area contributed by atoms with E-state index in [-0.39, 0.29) is 30.5 Å². The summed E-state index contributed by atoms with van der Waals surface area (Å²) in [4.78, 5) is 44.8. The molecule has 3 aromatic carbocycles. The number of aliphatic hydroxyl groups is 1. The van der Waals surface area contributed by atoms with E-state index in [1.54, 1.807) is 41.0 Å². The third kappa shape index (κ3) is 8.52. The normalized spacial score (nSPS) is 13.8. The molecule has 2 heterocycles. The highest BCUT2D eigenvalue weighted by molar-refractivity contribution is 6.00. The molecule has 0 radical (unpaired) electrons. The minimum atomic E-state index is -0.443. The Bertz CT molecular complexity index is 1800. The van der Waals surface area contributed by atoms with Crippen LogP contribution >= 0.6 is 0 Å². The van der Waals surface area contributed by atoms with E-state index in [1.165, 1.54) is 0 Å². The van der Waals surface area contributed by atoms with Crippen LogP contribution in [0.3, 0.4) is 0 Å². The molecule has 50 heavy (non-hydrogen) atoms. The first kappa shape index (κ1) is 36.1. The van der Waals surface area contributed by atoms with Crippen LogP contribution in [-0.2, 0) is 19.5 Å². The van der Waals surface area contributed by atoms with Crippen molar-refractivity contribution in [3.63, 3.8) is 0 Å². The van der Waals surface area contributed by atoms with Gasteiger partial charge in [0.1, 0.15) is 5.75 Å². The zero-order valence-electron chi connectivity index (χ0n) is 29.4. The number of aromatic nitrogens is 2. The Morgan fingerprint density at radius 3 is 2.40 bits per heavy atom. The lowest BCUT2D eigenvalue weighted by molar-refractivity contribution is 0.0544. The third-order valence-corrected chi connectivity index (χ3v) is 9.08. The van der Waals surface area contributed by atoms with E-state index in [9.17, 15) is 19.5 Å². The average molecular weight is 681 g/mol. The molecule has 3 N–H and O–H groups in total. The summed E-state index contributed by atoms with van der Waals surface area (Å²) in [6.07, 6.45) is 4.28. The number of carbonyl (C=O) groups is 3. The quantitative estimate of drug-likeness (QED) is 0.147. The molecule has 0 saturated heterocycles. The van der Waals surface area contributed by atoms with Crippen molar-refractivity contribution in [2.75, 3.05) is 32.1 Å². The number of carbonyl (C=O) groups excluding carboxylic acids is 3. The monoisotopic (exact) mass is 680 g/mol. The smallest absolute Gasteiger partial charge is 0.319 e. The summed E-state index contributed by atoms with van der Waals surface area (Å²) < 4.78 is 6.90. The van der Waals surface area contributed by atoms with Crippen LogP contribution in [0.2, 0.25) is 0 Å². The Morgan fingerprint density at radius 2 is 1.70 bits per heavy atom. The van der Waals surface area contributed by atoms with Gasteiger partial charge in [0.2, 0.25) is 0 Å². The number of unbranched alkanes of at least 4 members (excludes halogenated alkanes) is 2. The number of methoxy groups -OCH3 is 1. The molecule has 0 fully saturated rings. The fraction of sp³-hybridized carbons (Fsp3) is 0.385. The highest BCUT2D eigenvalue weighted by Crippen LogP contribution is 2.29. The first-order chi connectivity index (χ1) is 24.3. The van der Waals surface area contributed by atoms with Gasteiger partial charge in [0, 0.05) is 37.6 Å². The second-order valence-electron chi connectivity index (χ2n) is 12.7. The fourth-order valence-electron chi connectivity index (χ4n) is 6.25. The van der Waals surface area contributed by atoms with Crippen LogP contribution in [0.15, 0.2) is 72.8 Å². The Labute approximate surface area is 294 Å². The summed E-state index contributed by atoms with van der Waals surface area (Å²) in [7, 11) is 1.59. The maximum atomic E-state index is 14.5. The van der Waals surface area contributed by atoms with Crippen LogP contribution < -0.4 is 15.4 Å². The number of amides is 4. The van der Waals surface area contributed by atoms with E-state index in [0.717, 1.165) is 42.4 Å². The molecule has 11 heteroatoms. The fourth-order valence-corrected chi connectivity index (χ4v) is 6.25. The molecule has 0 unspecified atom stereocenters. The van der Waals surface area contributed by atoms with Gasteiger partial charge in [-0.15, -0.1) is 0 Å². The second-order valence-corrected chi connectivity index (χ2v) is 12.7. The molecule has 11 nitrogen and oxygen atoms in total. The molecule has 4 amide bonds. The van der Waals surface area contributed by atoms with Gasteiger partial charge in [0.05, 0.1) is 31.0 Å². The van der Waals surface area contributed by atoms with Crippen molar-refractivity contribution < 1.29 is 24.2 Å². The van der Waals surface area contributed by atoms with Crippen molar-refractivity contribution in [2.24, 2.45) is 0 Å². The summed E-state index contributed by atoms with van der Waals surface area (Å²) in [5, 5.41) is 20.8. The Hall–Kier alpha value is -5.16. The van der Waals surface area contributed by atoms with Gasteiger partial charge in [0.15, 0.2) is 5.69 Å². The highest BCUT2D eigenvalue weighted by Gasteiger charge is 2.32. The SMILES string of the molecule is CCCCN(CCCC)C(=O)c1cc(C)n(-c2ccc(NC(=O)NCc3cccc(OC)c3)cc2C(=O)N2Cc3ccccc3C[C@H]2CO)n1. The van der Waals surface area contributed by atoms with Gasteiger partial charge in [-0.3, -0.25) is 9.59 Å². The Kier molecular flexibility index (Phi) is 12.3.